The summed E-state index contributed by atoms with van der Waals surface area (Å²) in [6, 6.07) is 10.5. The average Bonchev–Trinajstić information content (AvgIpc) is 2.68. The van der Waals surface area contributed by atoms with E-state index in [2.05, 4.69) is 6.07 Å². The van der Waals surface area contributed by atoms with Gasteiger partial charge in [-0.15, -0.1) is 0 Å². The summed E-state index contributed by atoms with van der Waals surface area (Å²) in [4.78, 5) is 0. The van der Waals surface area contributed by atoms with Crippen LogP contribution in [-0.4, -0.2) is 15.3 Å². The highest BCUT2D eigenvalue weighted by Crippen LogP contribution is 2.63. The van der Waals surface area contributed by atoms with Crippen molar-refractivity contribution in [3.63, 3.8) is 0 Å². The molecule has 1 heterocycles. The van der Waals surface area contributed by atoms with Gasteiger partial charge in [0.1, 0.15) is 28.6 Å². The molecule has 1 aliphatic heterocycles. The zero-order valence-corrected chi connectivity index (χ0v) is 16.2. The summed E-state index contributed by atoms with van der Waals surface area (Å²) in [5.74, 6) is 1.41. The third-order valence-corrected chi connectivity index (χ3v) is 7.50. The summed E-state index contributed by atoms with van der Waals surface area (Å²) in [6.07, 6.45) is 10.0. The molecule has 0 bridgehead atoms. The molecular formula is C24H28O4. The smallest absolute Gasteiger partial charge is 0.141 e. The maximum Gasteiger partial charge on any atom is 0.141 e. The molecule has 5 rings (SSSR count). The molecule has 0 amide bonds. The molecule has 2 unspecified atom stereocenters. The third-order valence-electron chi connectivity index (χ3n) is 7.50. The van der Waals surface area contributed by atoms with Crippen molar-refractivity contribution in [1.29, 1.82) is 0 Å². The fraction of sp³-hybridized carbons (Fsp3) is 0.500. The topological polar surface area (TPSA) is 69.9 Å². The SMILES string of the molecule is Oc1ccc(C23CCCCC2C2(CCCCC2)c2ccc(O)cc2O3)c(O)c1. The van der Waals surface area contributed by atoms with Crippen LogP contribution in [0.2, 0.25) is 0 Å². The molecule has 0 aromatic heterocycles. The van der Waals surface area contributed by atoms with Crippen molar-refractivity contribution >= 4 is 0 Å². The maximum absolute atomic E-state index is 10.8. The number of hydrogen-bond acceptors (Lipinski definition) is 4. The van der Waals surface area contributed by atoms with E-state index in [-0.39, 0.29) is 28.6 Å². The highest BCUT2D eigenvalue weighted by molar-refractivity contribution is 5.52. The van der Waals surface area contributed by atoms with Crippen LogP contribution in [0.1, 0.15) is 68.9 Å². The molecule has 3 N–H and O–H groups in total. The molecule has 2 aromatic carbocycles. The van der Waals surface area contributed by atoms with Crippen molar-refractivity contribution in [2.24, 2.45) is 5.92 Å². The van der Waals surface area contributed by atoms with E-state index < -0.39 is 5.60 Å². The van der Waals surface area contributed by atoms with E-state index in [4.69, 9.17) is 4.74 Å². The molecule has 0 radical (unpaired) electrons. The molecule has 4 heteroatoms. The Balaban J connectivity index is 1.76. The first kappa shape index (κ1) is 17.7. The summed E-state index contributed by atoms with van der Waals surface area (Å²) in [5, 5.41) is 30.8. The Kier molecular flexibility index (Phi) is 4.01. The second-order valence-electron chi connectivity index (χ2n) is 8.89. The molecule has 0 saturated heterocycles. The normalized spacial score (nSPS) is 28.2. The predicted molar refractivity (Wildman–Crippen MR) is 107 cm³/mol. The van der Waals surface area contributed by atoms with E-state index in [9.17, 15) is 15.3 Å². The molecule has 2 fully saturated rings. The lowest BCUT2D eigenvalue weighted by Gasteiger charge is -2.58. The van der Waals surface area contributed by atoms with Gasteiger partial charge in [0, 0.05) is 34.6 Å². The van der Waals surface area contributed by atoms with Crippen LogP contribution in [0.25, 0.3) is 0 Å². The first-order chi connectivity index (χ1) is 13.6. The molecule has 1 spiro atoms. The lowest BCUT2D eigenvalue weighted by molar-refractivity contribution is -0.0960. The van der Waals surface area contributed by atoms with Gasteiger partial charge in [0.15, 0.2) is 0 Å². The van der Waals surface area contributed by atoms with E-state index in [1.54, 1.807) is 18.2 Å². The number of rotatable bonds is 1. The van der Waals surface area contributed by atoms with Crippen molar-refractivity contribution in [2.75, 3.05) is 0 Å². The monoisotopic (exact) mass is 380 g/mol. The number of aromatic hydroxyl groups is 3. The minimum Gasteiger partial charge on any atom is -0.508 e. The second kappa shape index (κ2) is 6.33. The molecule has 148 valence electrons. The van der Waals surface area contributed by atoms with Crippen molar-refractivity contribution in [3.8, 4) is 23.0 Å². The summed E-state index contributed by atoms with van der Waals surface area (Å²) in [6.45, 7) is 0. The maximum atomic E-state index is 10.8. The van der Waals surface area contributed by atoms with Gasteiger partial charge in [0.2, 0.25) is 0 Å². The van der Waals surface area contributed by atoms with Gasteiger partial charge in [-0.05, 0) is 50.3 Å². The van der Waals surface area contributed by atoms with Gasteiger partial charge in [-0.25, -0.2) is 0 Å². The zero-order chi connectivity index (χ0) is 19.4. The van der Waals surface area contributed by atoms with Crippen LogP contribution >= 0.6 is 0 Å². The molecule has 28 heavy (non-hydrogen) atoms. The molecule has 3 aliphatic rings. The quantitative estimate of drug-likeness (QED) is 0.612. The van der Waals surface area contributed by atoms with Crippen LogP contribution < -0.4 is 4.74 Å². The van der Waals surface area contributed by atoms with E-state index in [1.165, 1.54) is 37.3 Å². The highest BCUT2D eigenvalue weighted by atomic mass is 16.5. The highest BCUT2D eigenvalue weighted by Gasteiger charge is 2.59. The Morgan fingerprint density at radius 3 is 2.18 bits per heavy atom. The molecule has 4 nitrogen and oxygen atoms in total. The summed E-state index contributed by atoms with van der Waals surface area (Å²) in [5.41, 5.74) is 1.40. The largest absolute Gasteiger partial charge is 0.508 e. The standard InChI is InChI=1S/C24H28O4/c25-16-7-9-18(20(27)14-16)24-13-5-2-6-22(24)23(11-3-1-4-12-23)19-10-8-17(26)15-21(19)28-24/h7-10,14-15,22,25-27H,1-6,11-13H2. The first-order valence-corrected chi connectivity index (χ1v) is 10.6. The Labute approximate surface area is 165 Å². The van der Waals surface area contributed by atoms with Crippen LogP contribution in [0.3, 0.4) is 0 Å². The van der Waals surface area contributed by atoms with Crippen LogP contribution in [-0.2, 0) is 11.0 Å². The number of ether oxygens (including phenoxy) is 1. The number of benzene rings is 2. The van der Waals surface area contributed by atoms with Gasteiger partial charge in [-0.2, -0.15) is 0 Å². The van der Waals surface area contributed by atoms with Crippen molar-refractivity contribution < 1.29 is 20.1 Å². The van der Waals surface area contributed by atoms with Crippen molar-refractivity contribution in [2.45, 2.75) is 68.8 Å². The van der Waals surface area contributed by atoms with Gasteiger partial charge < -0.3 is 20.1 Å². The molecular weight excluding hydrogens is 352 g/mol. The fourth-order valence-electron chi connectivity index (χ4n) is 6.43. The third kappa shape index (κ3) is 2.43. The van der Waals surface area contributed by atoms with Gasteiger partial charge in [-0.3, -0.25) is 0 Å². The van der Waals surface area contributed by atoms with Gasteiger partial charge >= 0.3 is 0 Å². The lowest BCUT2D eigenvalue weighted by atomic mass is 9.51. The average molecular weight is 380 g/mol. The number of phenols is 3. The zero-order valence-electron chi connectivity index (χ0n) is 16.2. The Morgan fingerprint density at radius 1 is 0.750 bits per heavy atom. The molecule has 2 saturated carbocycles. The number of fused-ring (bicyclic) bond motifs is 4. The van der Waals surface area contributed by atoms with Gasteiger partial charge in [0.25, 0.3) is 0 Å². The van der Waals surface area contributed by atoms with Crippen LogP contribution in [0.4, 0.5) is 0 Å². The first-order valence-electron chi connectivity index (χ1n) is 10.6. The number of hydrogen-bond donors (Lipinski definition) is 3. The minimum atomic E-state index is -0.617. The fourth-order valence-corrected chi connectivity index (χ4v) is 6.43. The molecule has 2 atom stereocenters. The second-order valence-corrected chi connectivity index (χ2v) is 8.89. The van der Waals surface area contributed by atoms with E-state index in [0.717, 1.165) is 43.4 Å². The van der Waals surface area contributed by atoms with E-state index in [1.807, 2.05) is 6.07 Å². The number of phenolic OH excluding ortho intramolecular Hbond substituents is 3. The summed E-state index contributed by atoms with van der Waals surface area (Å²) in [7, 11) is 0. The summed E-state index contributed by atoms with van der Waals surface area (Å²) >= 11 is 0. The van der Waals surface area contributed by atoms with Crippen LogP contribution in [0.5, 0.6) is 23.0 Å². The van der Waals surface area contributed by atoms with Gasteiger partial charge in [0.05, 0.1) is 0 Å². The molecule has 2 aromatic rings. The Bertz CT molecular complexity index is 899. The van der Waals surface area contributed by atoms with Crippen LogP contribution in [0, 0.1) is 5.92 Å². The van der Waals surface area contributed by atoms with Gasteiger partial charge in [-0.1, -0.05) is 31.7 Å². The van der Waals surface area contributed by atoms with Crippen molar-refractivity contribution in [1.82, 2.24) is 0 Å². The van der Waals surface area contributed by atoms with E-state index in [0.29, 0.717) is 0 Å². The predicted octanol–water partition coefficient (Wildman–Crippen LogP) is 5.48. The lowest BCUT2D eigenvalue weighted by Crippen LogP contribution is -2.57. The Morgan fingerprint density at radius 2 is 1.43 bits per heavy atom. The van der Waals surface area contributed by atoms with E-state index >= 15 is 0 Å². The summed E-state index contributed by atoms with van der Waals surface area (Å²) < 4.78 is 6.74. The van der Waals surface area contributed by atoms with Crippen molar-refractivity contribution in [3.05, 3.63) is 47.5 Å². The molecule has 2 aliphatic carbocycles. The van der Waals surface area contributed by atoms with Crippen LogP contribution in [0.15, 0.2) is 36.4 Å². The Hall–Kier alpha value is -2.36. The minimum absolute atomic E-state index is 0.0181.